The van der Waals surface area contributed by atoms with Crippen molar-refractivity contribution >= 4 is 21.8 Å². The highest BCUT2D eigenvalue weighted by Crippen LogP contribution is 2.29. The Kier molecular flexibility index (Phi) is 5.62. The number of amides is 1. The molecular weight excluding hydrogens is 390 g/mol. The van der Waals surface area contributed by atoms with Crippen LogP contribution in [-0.2, 0) is 6.18 Å². The van der Waals surface area contributed by atoms with Crippen molar-refractivity contribution in [2.24, 2.45) is 0 Å². The summed E-state index contributed by atoms with van der Waals surface area (Å²) in [5.74, 6) is 3.71. The molecule has 0 saturated heterocycles. The largest absolute Gasteiger partial charge is 0.416 e. The Hall–Kier alpha value is -2.33. The minimum absolute atomic E-state index is 0.120. The normalized spacial score (nSPS) is 10.7. The van der Waals surface area contributed by atoms with Gasteiger partial charge in [0.15, 0.2) is 0 Å². The molecular formula is C17H10BrF4NO. The maximum absolute atomic E-state index is 13.6. The zero-order chi connectivity index (χ0) is 17.7. The Labute approximate surface area is 144 Å². The monoisotopic (exact) mass is 399 g/mol. The fourth-order valence-corrected chi connectivity index (χ4v) is 2.15. The number of hydrogen-bond donors (Lipinski definition) is 1. The Balaban J connectivity index is 2.00. The third-order valence-corrected chi connectivity index (χ3v) is 3.43. The van der Waals surface area contributed by atoms with E-state index in [0.717, 1.165) is 18.2 Å². The number of carbonyl (C=O) groups excluding carboxylic acids is 1. The standard InChI is InChI=1S/C17H10BrF4NO/c18-13-6-7-14(15(19)10-13)16(24)23-8-2-4-11-3-1-5-12(9-11)17(20,21)22/h1,3,5-7,9-10H,8H2,(H,23,24). The Morgan fingerprint density at radius 2 is 1.92 bits per heavy atom. The lowest BCUT2D eigenvalue weighted by Crippen LogP contribution is -2.24. The van der Waals surface area contributed by atoms with Gasteiger partial charge in [-0.05, 0) is 36.4 Å². The van der Waals surface area contributed by atoms with Gasteiger partial charge in [0.05, 0.1) is 17.7 Å². The third-order valence-electron chi connectivity index (χ3n) is 2.94. The first-order valence-electron chi connectivity index (χ1n) is 6.67. The summed E-state index contributed by atoms with van der Waals surface area (Å²) in [6, 6.07) is 8.54. The van der Waals surface area contributed by atoms with Crippen LogP contribution in [0.25, 0.3) is 0 Å². The average molecular weight is 400 g/mol. The van der Waals surface area contributed by atoms with E-state index in [0.29, 0.717) is 4.47 Å². The van der Waals surface area contributed by atoms with Crippen LogP contribution >= 0.6 is 15.9 Å². The fraction of sp³-hybridized carbons (Fsp3) is 0.118. The van der Waals surface area contributed by atoms with Crippen molar-refractivity contribution in [3.05, 3.63) is 69.4 Å². The molecule has 0 aliphatic heterocycles. The van der Waals surface area contributed by atoms with E-state index < -0.39 is 23.5 Å². The molecule has 1 N–H and O–H groups in total. The van der Waals surface area contributed by atoms with Crippen molar-refractivity contribution in [3.8, 4) is 11.8 Å². The van der Waals surface area contributed by atoms with Crippen molar-refractivity contribution in [2.45, 2.75) is 6.18 Å². The summed E-state index contributed by atoms with van der Waals surface area (Å²) in [7, 11) is 0. The first-order valence-corrected chi connectivity index (χ1v) is 7.46. The van der Waals surface area contributed by atoms with Crippen LogP contribution in [0.3, 0.4) is 0 Å². The second-order valence-electron chi connectivity index (χ2n) is 4.69. The summed E-state index contributed by atoms with van der Waals surface area (Å²) < 4.78 is 51.8. The summed E-state index contributed by atoms with van der Waals surface area (Å²) in [5, 5.41) is 2.38. The van der Waals surface area contributed by atoms with Gasteiger partial charge in [0.2, 0.25) is 0 Å². The van der Waals surface area contributed by atoms with E-state index >= 15 is 0 Å². The van der Waals surface area contributed by atoms with Crippen LogP contribution < -0.4 is 5.32 Å². The number of halogens is 5. The number of benzene rings is 2. The predicted octanol–water partition coefficient (Wildman–Crippen LogP) is 4.39. The summed E-state index contributed by atoms with van der Waals surface area (Å²) in [6.45, 7) is -0.120. The molecule has 0 atom stereocenters. The van der Waals surface area contributed by atoms with Gasteiger partial charge in [-0.2, -0.15) is 13.2 Å². The molecule has 0 spiro atoms. The molecule has 0 aromatic heterocycles. The van der Waals surface area contributed by atoms with Gasteiger partial charge in [0, 0.05) is 10.0 Å². The van der Waals surface area contributed by atoms with Crippen LogP contribution in [0.2, 0.25) is 0 Å². The second kappa shape index (κ2) is 7.49. The van der Waals surface area contributed by atoms with Gasteiger partial charge < -0.3 is 5.32 Å². The minimum atomic E-state index is -4.44. The Bertz CT molecular complexity index is 821. The molecule has 2 rings (SSSR count). The summed E-state index contributed by atoms with van der Waals surface area (Å²) in [6.07, 6.45) is -4.44. The first-order chi connectivity index (χ1) is 11.3. The van der Waals surface area contributed by atoms with Gasteiger partial charge in [-0.3, -0.25) is 4.79 Å². The Morgan fingerprint density at radius 1 is 1.17 bits per heavy atom. The highest BCUT2D eigenvalue weighted by atomic mass is 79.9. The van der Waals surface area contributed by atoms with Gasteiger partial charge >= 0.3 is 6.18 Å². The molecule has 2 nitrogen and oxygen atoms in total. The van der Waals surface area contributed by atoms with Crippen molar-refractivity contribution in [1.29, 1.82) is 0 Å². The molecule has 0 saturated carbocycles. The van der Waals surface area contributed by atoms with Crippen LogP contribution in [-0.4, -0.2) is 12.5 Å². The number of hydrogen-bond acceptors (Lipinski definition) is 1. The average Bonchev–Trinajstić information content (AvgIpc) is 2.51. The molecule has 1 amide bonds. The molecule has 0 aliphatic rings. The molecule has 2 aromatic carbocycles. The van der Waals surface area contributed by atoms with E-state index in [2.05, 4.69) is 33.1 Å². The van der Waals surface area contributed by atoms with Crippen molar-refractivity contribution in [1.82, 2.24) is 5.32 Å². The predicted molar refractivity (Wildman–Crippen MR) is 84.8 cm³/mol. The minimum Gasteiger partial charge on any atom is -0.341 e. The van der Waals surface area contributed by atoms with Crippen LogP contribution in [0.15, 0.2) is 46.9 Å². The maximum atomic E-state index is 13.6. The molecule has 7 heteroatoms. The molecule has 0 bridgehead atoms. The van der Waals surface area contributed by atoms with E-state index in [1.54, 1.807) is 0 Å². The van der Waals surface area contributed by atoms with Gasteiger partial charge in [-0.15, -0.1) is 0 Å². The molecule has 0 aliphatic carbocycles. The van der Waals surface area contributed by atoms with Gasteiger partial charge in [0.25, 0.3) is 5.91 Å². The van der Waals surface area contributed by atoms with E-state index in [4.69, 9.17) is 0 Å². The maximum Gasteiger partial charge on any atom is 0.416 e. The number of alkyl halides is 3. The van der Waals surface area contributed by atoms with Crippen LogP contribution in [0.5, 0.6) is 0 Å². The summed E-state index contributed by atoms with van der Waals surface area (Å²) in [5.41, 5.74) is -0.761. The number of rotatable bonds is 2. The molecule has 0 fully saturated rings. The molecule has 124 valence electrons. The molecule has 2 aromatic rings. The molecule has 0 heterocycles. The lowest BCUT2D eigenvalue weighted by atomic mass is 10.1. The highest BCUT2D eigenvalue weighted by Gasteiger charge is 2.30. The van der Waals surface area contributed by atoms with Crippen molar-refractivity contribution in [3.63, 3.8) is 0 Å². The van der Waals surface area contributed by atoms with E-state index in [9.17, 15) is 22.4 Å². The second-order valence-corrected chi connectivity index (χ2v) is 5.60. The van der Waals surface area contributed by atoms with Crippen LogP contribution in [0.4, 0.5) is 17.6 Å². The van der Waals surface area contributed by atoms with Crippen molar-refractivity contribution in [2.75, 3.05) is 6.54 Å². The summed E-state index contributed by atoms with van der Waals surface area (Å²) in [4.78, 5) is 11.8. The number of nitrogens with one attached hydrogen (secondary N) is 1. The topological polar surface area (TPSA) is 29.1 Å². The summed E-state index contributed by atoms with van der Waals surface area (Å²) >= 11 is 3.08. The van der Waals surface area contributed by atoms with Crippen LogP contribution in [0, 0.1) is 17.7 Å². The SMILES string of the molecule is O=C(NCC#Cc1cccc(C(F)(F)F)c1)c1ccc(Br)cc1F. The fourth-order valence-electron chi connectivity index (χ4n) is 1.81. The number of carbonyl (C=O) groups is 1. The zero-order valence-corrected chi connectivity index (χ0v) is 13.6. The first kappa shape index (κ1) is 18.0. The lowest BCUT2D eigenvalue weighted by Gasteiger charge is -2.05. The van der Waals surface area contributed by atoms with E-state index in [1.807, 2.05) is 0 Å². The quantitative estimate of drug-likeness (QED) is 0.588. The highest BCUT2D eigenvalue weighted by molar-refractivity contribution is 9.10. The third kappa shape index (κ3) is 4.83. The lowest BCUT2D eigenvalue weighted by molar-refractivity contribution is -0.137. The van der Waals surface area contributed by atoms with Gasteiger partial charge in [-0.25, -0.2) is 4.39 Å². The van der Waals surface area contributed by atoms with Crippen molar-refractivity contribution < 1.29 is 22.4 Å². The van der Waals surface area contributed by atoms with E-state index in [-0.39, 0.29) is 17.7 Å². The van der Waals surface area contributed by atoms with Crippen LogP contribution in [0.1, 0.15) is 21.5 Å². The smallest absolute Gasteiger partial charge is 0.341 e. The zero-order valence-electron chi connectivity index (χ0n) is 12.0. The van der Waals surface area contributed by atoms with Gasteiger partial charge in [0.1, 0.15) is 5.82 Å². The van der Waals surface area contributed by atoms with Gasteiger partial charge in [-0.1, -0.05) is 33.8 Å². The van der Waals surface area contributed by atoms with E-state index in [1.165, 1.54) is 24.3 Å². The molecule has 24 heavy (non-hydrogen) atoms. The molecule has 0 radical (unpaired) electrons. The molecule has 0 unspecified atom stereocenters. The Morgan fingerprint density at radius 3 is 2.58 bits per heavy atom.